The van der Waals surface area contributed by atoms with E-state index in [0.29, 0.717) is 10.9 Å². The number of para-hydroxylation sites is 2. The van der Waals surface area contributed by atoms with E-state index in [1.54, 1.807) is 12.1 Å². The van der Waals surface area contributed by atoms with Crippen LogP contribution in [0.25, 0.3) is 0 Å². The Morgan fingerprint density at radius 1 is 1.24 bits per heavy atom. The molecule has 0 aliphatic carbocycles. The third-order valence-corrected chi connectivity index (χ3v) is 4.27. The molecule has 0 radical (unpaired) electrons. The Labute approximate surface area is 130 Å². The summed E-state index contributed by atoms with van der Waals surface area (Å²) >= 11 is 3.26. The number of benzene rings is 2. The standard InChI is InChI=1S/C16H14BrFN2O/c17-12-5-3-6-13(18)15(12)20-16(21)11-8-9-19-14-7-2-1-4-10(11)14/h1-7,11,19H,8-9H2,(H,20,21). The zero-order valence-electron chi connectivity index (χ0n) is 11.2. The molecule has 1 heterocycles. The number of hydrogen-bond donors (Lipinski definition) is 2. The smallest absolute Gasteiger partial charge is 0.232 e. The van der Waals surface area contributed by atoms with E-state index in [9.17, 15) is 9.18 Å². The maximum Gasteiger partial charge on any atom is 0.232 e. The number of anilines is 2. The largest absolute Gasteiger partial charge is 0.385 e. The zero-order chi connectivity index (χ0) is 14.8. The molecule has 2 N–H and O–H groups in total. The van der Waals surface area contributed by atoms with Gasteiger partial charge in [0.25, 0.3) is 0 Å². The van der Waals surface area contributed by atoms with Crippen molar-refractivity contribution in [2.45, 2.75) is 12.3 Å². The van der Waals surface area contributed by atoms with Crippen LogP contribution in [-0.4, -0.2) is 12.5 Å². The van der Waals surface area contributed by atoms with Crippen molar-refractivity contribution in [3.63, 3.8) is 0 Å². The van der Waals surface area contributed by atoms with Crippen molar-refractivity contribution in [3.8, 4) is 0 Å². The van der Waals surface area contributed by atoms with Crippen LogP contribution in [0.2, 0.25) is 0 Å². The van der Waals surface area contributed by atoms with E-state index in [0.717, 1.165) is 17.8 Å². The summed E-state index contributed by atoms with van der Waals surface area (Å²) in [7, 11) is 0. The fourth-order valence-electron chi connectivity index (χ4n) is 2.57. The minimum absolute atomic E-state index is 0.185. The lowest BCUT2D eigenvalue weighted by Gasteiger charge is -2.26. The number of rotatable bonds is 2. The second-order valence-electron chi connectivity index (χ2n) is 4.94. The highest BCUT2D eigenvalue weighted by molar-refractivity contribution is 9.10. The molecular formula is C16H14BrFN2O. The number of carbonyl (C=O) groups excluding carboxylic acids is 1. The van der Waals surface area contributed by atoms with Gasteiger partial charge in [0.15, 0.2) is 0 Å². The molecule has 0 bridgehead atoms. The molecule has 0 fully saturated rings. The van der Waals surface area contributed by atoms with Crippen LogP contribution < -0.4 is 10.6 Å². The predicted molar refractivity (Wildman–Crippen MR) is 85.0 cm³/mol. The highest BCUT2D eigenvalue weighted by Crippen LogP contribution is 2.33. The van der Waals surface area contributed by atoms with Gasteiger partial charge in [-0.3, -0.25) is 4.79 Å². The lowest BCUT2D eigenvalue weighted by molar-refractivity contribution is -0.117. The molecule has 0 aromatic heterocycles. The molecule has 3 rings (SSSR count). The van der Waals surface area contributed by atoms with Gasteiger partial charge in [-0.2, -0.15) is 0 Å². The van der Waals surface area contributed by atoms with Crippen LogP contribution in [0.4, 0.5) is 15.8 Å². The summed E-state index contributed by atoms with van der Waals surface area (Å²) in [6, 6.07) is 12.3. The molecule has 1 aliphatic heterocycles. The predicted octanol–water partition coefficient (Wildman–Crippen LogP) is 4.13. The van der Waals surface area contributed by atoms with Gasteiger partial charge in [0.2, 0.25) is 5.91 Å². The van der Waals surface area contributed by atoms with E-state index in [4.69, 9.17) is 0 Å². The summed E-state index contributed by atoms with van der Waals surface area (Å²) in [5, 5.41) is 5.97. The molecule has 1 unspecified atom stereocenters. The molecule has 1 amide bonds. The first-order valence-corrected chi connectivity index (χ1v) is 7.54. The van der Waals surface area contributed by atoms with Crippen molar-refractivity contribution >= 4 is 33.2 Å². The van der Waals surface area contributed by atoms with E-state index < -0.39 is 5.82 Å². The Hall–Kier alpha value is -1.88. The number of amides is 1. The monoisotopic (exact) mass is 348 g/mol. The molecule has 1 aliphatic rings. The molecule has 2 aromatic rings. The highest BCUT2D eigenvalue weighted by atomic mass is 79.9. The maximum absolute atomic E-state index is 13.8. The van der Waals surface area contributed by atoms with Gasteiger partial charge in [-0.15, -0.1) is 0 Å². The number of carbonyl (C=O) groups is 1. The molecular weight excluding hydrogens is 335 g/mol. The van der Waals surface area contributed by atoms with Crippen molar-refractivity contribution in [3.05, 3.63) is 58.3 Å². The van der Waals surface area contributed by atoms with E-state index in [1.165, 1.54) is 6.07 Å². The molecule has 21 heavy (non-hydrogen) atoms. The Balaban J connectivity index is 1.87. The first kappa shape index (κ1) is 14.1. The summed E-state index contributed by atoms with van der Waals surface area (Å²) in [6.45, 7) is 0.730. The third kappa shape index (κ3) is 2.78. The van der Waals surface area contributed by atoms with Crippen molar-refractivity contribution in [1.29, 1.82) is 0 Å². The average Bonchev–Trinajstić information content (AvgIpc) is 2.50. The average molecular weight is 349 g/mol. The molecule has 2 aromatic carbocycles. The summed E-state index contributed by atoms with van der Waals surface area (Å²) in [4.78, 5) is 12.5. The summed E-state index contributed by atoms with van der Waals surface area (Å²) < 4.78 is 14.4. The van der Waals surface area contributed by atoms with Crippen molar-refractivity contribution in [2.24, 2.45) is 0 Å². The molecule has 108 valence electrons. The lowest BCUT2D eigenvalue weighted by Crippen LogP contribution is -2.28. The molecule has 0 saturated heterocycles. The Morgan fingerprint density at radius 3 is 2.86 bits per heavy atom. The van der Waals surface area contributed by atoms with E-state index in [1.807, 2.05) is 24.3 Å². The number of halogens is 2. The number of hydrogen-bond acceptors (Lipinski definition) is 2. The van der Waals surface area contributed by atoms with Crippen molar-refractivity contribution in [2.75, 3.05) is 17.2 Å². The third-order valence-electron chi connectivity index (χ3n) is 3.61. The van der Waals surface area contributed by atoms with Gasteiger partial charge < -0.3 is 10.6 Å². The van der Waals surface area contributed by atoms with Gasteiger partial charge >= 0.3 is 0 Å². The summed E-state index contributed by atoms with van der Waals surface area (Å²) in [6.07, 6.45) is 0.689. The van der Waals surface area contributed by atoms with Gasteiger partial charge in [0, 0.05) is 16.7 Å². The van der Waals surface area contributed by atoms with Crippen molar-refractivity contribution in [1.82, 2.24) is 0 Å². The molecule has 5 heteroatoms. The topological polar surface area (TPSA) is 41.1 Å². The van der Waals surface area contributed by atoms with Gasteiger partial charge in [-0.1, -0.05) is 24.3 Å². The van der Waals surface area contributed by atoms with Gasteiger partial charge in [0.05, 0.1) is 11.6 Å². The van der Waals surface area contributed by atoms with Crippen LogP contribution in [0.5, 0.6) is 0 Å². The number of nitrogens with one attached hydrogen (secondary N) is 2. The lowest BCUT2D eigenvalue weighted by atomic mass is 9.90. The van der Waals surface area contributed by atoms with Gasteiger partial charge in [-0.25, -0.2) is 4.39 Å². The maximum atomic E-state index is 13.8. The first-order chi connectivity index (χ1) is 10.2. The van der Waals surface area contributed by atoms with Crippen LogP contribution in [0.3, 0.4) is 0 Å². The first-order valence-electron chi connectivity index (χ1n) is 6.74. The van der Waals surface area contributed by atoms with Crippen LogP contribution in [-0.2, 0) is 4.79 Å². The van der Waals surface area contributed by atoms with Crippen LogP contribution in [0.1, 0.15) is 17.9 Å². The van der Waals surface area contributed by atoms with Crippen LogP contribution in [0.15, 0.2) is 46.9 Å². The van der Waals surface area contributed by atoms with Gasteiger partial charge in [0.1, 0.15) is 5.82 Å². The molecule has 0 saturated carbocycles. The van der Waals surface area contributed by atoms with Crippen molar-refractivity contribution < 1.29 is 9.18 Å². The summed E-state index contributed by atoms with van der Waals surface area (Å²) in [5.74, 6) is -0.899. The normalized spacial score (nSPS) is 16.8. The van der Waals surface area contributed by atoms with Crippen LogP contribution >= 0.6 is 15.9 Å². The van der Waals surface area contributed by atoms with Crippen LogP contribution in [0, 0.1) is 5.82 Å². The highest BCUT2D eigenvalue weighted by Gasteiger charge is 2.27. The fourth-order valence-corrected chi connectivity index (χ4v) is 3.01. The molecule has 1 atom stereocenters. The number of fused-ring (bicyclic) bond motifs is 1. The Kier molecular flexibility index (Phi) is 3.92. The zero-order valence-corrected chi connectivity index (χ0v) is 12.8. The van der Waals surface area contributed by atoms with E-state index in [-0.39, 0.29) is 17.5 Å². The van der Waals surface area contributed by atoms with E-state index >= 15 is 0 Å². The second-order valence-corrected chi connectivity index (χ2v) is 5.80. The van der Waals surface area contributed by atoms with Gasteiger partial charge in [-0.05, 0) is 46.1 Å². The Morgan fingerprint density at radius 2 is 2.05 bits per heavy atom. The molecule has 3 nitrogen and oxygen atoms in total. The minimum Gasteiger partial charge on any atom is -0.385 e. The minimum atomic E-state index is -0.444. The second kappa shape index (κ2) is 5.85. The van der Waals surface area contributed by atoms with E-state index in [2.05, 4.69) is 26.6 Å². The molecule has 0 spiro atoms. The SMILES string of the molecule is O=C(Nc1c(F)cccc1Br)C1CCNc2ccccc21. The Bertz CT molecular complexity index is 669. The fraction of sp³-hybridized carbons (Fsp3) is 0.188. The summed E-state index contributed by atoms with van der Waals surface area (Å²) in [5.41, 5.74) is 2.11. The quantitative estimate of drug-likeness (QED) is 0.856.